The number of nitrogens with one attached hydrogen (secondary N) is 1. The number of amides is 1. The highest BCUT2D eigenvalue weighted by molar-refractivity contribution is 6.30. The first-order valence-electron chi connectivity index (χ1n) is 8.64. The number of nitrogens with zero attached hydrogens (tertiary/aromatic N) is 4. The quantitative estimate of drug-likeness (QED) is 0.723. The van der Waals surface area contributed by atoms with Gasteiger partial charge in [0.05, 0.1) is 0 Å². The van der Waals surface area contributed by atoms with E-state index >= 15 is 0 Å². The molecule has 6 nitrogen and oxygen atoms in total. The van der Waals surface area contributed by atoms with E-state index in [0.29, 0.717) is 31.0 Å². The predicted octanol–water partition coefficient (Wildman–Crippen LogP) is 2.99. The predicted molar refractivity (Wildman–Crippen MR) is 101 cm³/mol. The summed E-state index contributed by atoms with van der Waals surface area (Å²) in [4.78, 5) is 21.0. The van der Waals surface area contributed by atoms with E-state index in [0.717, 1.165) is 34.0 Å². The average Bonchev–Trinajstić information content (AvgIpc) is 2.97. The van der Waals surface area contributed by atoms with Gasteiger partial charge in [0.25, 0.3) is 5.78 Å². The van der Waals surface area contributed by atoms with Crippen molar-refractivity contribution in [1.29, 1.82) is 0 Å². The zero-order valence-corrected chi connectivity index (χ0v) is 16.0. The zero-order chi connectivity index (χ0) is 18.7. The highest BCUT2D eigenvalue weighted by Gasteiger charge is 2.13. The molecule has 0 unspecified atom stereocenters. The van der Waals surface area contributed by atoms with Crippen LogP contribution in [-0.4, -0.2) is 32.0 Å². The summed E-state index contributed by atoms with van der Waals surface area (Å²) in [6, 6.07) is 7.67. The molecule has 0 saturated carbocycles. The van der Waals surface area contributed by atoms with Crippen LogP contribution in [0.4, 0.5) is 0 Å². The molecule has 0 fully saturated rings. The smallest absolute Gasteiger partial charge is 0.252 e. The third kappa shape index (κ3) is 4.19. The standard InChI is InChI=1S/C19H22ClN5O/c1-12-17(13(2)25-19(22-12)23-14(3)24-25)8-9-18(26)21-11-10-15-4-6-16(20)7-5-15/h4-7H,8-11H2,1-3H3,(H,21,26). The van der Waals surface area contributed by atoms with Gasteiger partial charge in [-0.15, -0.1) is 0 Å². The van der Waals surface area contributed by atoms with E-state index in [4.69, 9.17) is 11.6 Å². The number of benzene rings is 1. The van der Waals surface area contributed by atoms with Crippen molar-refractivity contribution in [2.75, 3.05) is 6.54 Å². The molecule has 2 heterocycles. The molecule has 3 aromatic rings. The van der Waals surface area contributed by atoms with Gasteiger partial charge in [-0.05, 0) is 56.9 Å². The van der Waals surface area contributed by atoms with Crippen LogP contribution in [0.1, 0.15) is 34.8 Å². The second-order valence-electron chi connectivity index (χ2n) is 6.36. The Kier molecular flexibility index (Phi) is 5.52. The van der Waals surface area contributed by atoms with Crippen molar-refractivity contribution < 1.29 is 4.79 Å². The van der Waals surface area contributed by atoms with Crippen LogP contribution in [0, 0.1) is 20.8 Å². The van der Waals surface area contributed by atoms with Crippen LogP contribution in [0.15, 0.2) is 24.3 Å². The lowest BCUT2D eigenvalue weighted by Crippen LogP contribution is -2.26. The molecule has 0 saturated heterocycles. The van der Waals surface area contributed by atoms with Gasteiger partial charge in [-0.3, -0.25) is 4.79 Å². The summed E-state index contributed by atoms with van der Waals surface area (Å²) in [5, 5.41) is 8.05. The summed E-state index contributed by atoms with van der Waals surface area (Å²) >= 11 is 5.87. The molecule has 2 aromatic heterocycles. The highest BCUT2D eigenvalue weighted by atomic mass is 35.5. The Morgan fingerprint density at radius 3 is 2.58 bits per heavy atom. The molecule has 0 aliphatic carbocycles. The monoisotopic (exact) mass is 371 g/mol. The summed E-state index contributed by atoms with van der Waals surface area (Å²) in [6.45, 7) is 6.39. The molecule has 1 aromatic carbocycles. The van der Waals surface area contributed by atoms with Crippen LogP contribution in [0.2, 0.25) is 5.02 Å². The van der Waals surface area contributed by atoms with Crippen molar-refractivity contribution in [2.45, 2.75) is 40.0 Å². The van der Waals surface area contributed by atoms with Crippen molar-refractivity contribution in [2.24, 2.45) is 0 Å². The second kappa shape index (κ2) is 7.83. The van der Waals surface area contributed by atoms with Crippen molar-refractivity contribution in [1.82, 2.24) is 24.9 Å². The Balaban J connectivity index is 1.55. The Bertz CT molecular complexity index is 933. The van der Waals surface area contributed by atoms with Gasteiger partial charge >= 0.3 is 0 Å². The number of aryl methyl sites for hydroxylation is 3. The molecule has 0 aliphatic rings. The first-order chi connectivity index (χ1) is 12.4. The van der Waals surface area contributed by atoms with Crippen molar-refractivity contribution in [3.63, 3.8) is 0 Å². The number of hydrogen-bond acceptors (Lipinski definition) is 4. The molecular weight excluding hydrogens is 350 g/mol. The molecule has 0 atom stereocenters. The number of carbonyl (C=O) groups is 1. The Labute approximate surface area is 157 Å². The van der Waals surface area contributed by atoms with Gasteiger partial charge < -0.3 is 5.32 Å². The van der Waals surface area contributed by atoms with Crippen LogP contribution >= 0.6 is 11.6 Å². The van der Waals surface area contributed by atoms with Crippen LogP contribution in [0.3, 0.4) is 0 Å². The molecule has 26 heavy (non-hydrogen) atoms. The van der Waals surface area contributed by atoms with Gasteiger partial charge in [-0.25, -0.2) is 9.50 Å². The van der Waals surface area contributed by atoms with E-state index in [1.54, 1.807) is 4.52 Å². The van der Waals surface area contributed by atoms with Crippen LogP contribution in [0.25, 0.3) is 5.78 Å². The third-order valence-corrected chi connectivity index (χ3v) is 4.66. The maximum atomic E-state index is 12.2. The number of halogens is 1. The van der Waals surface area contributed by atoms with Crippen LogP contribution in [-0.2, 0) is 17.6 Å². The second-order valence-corrected chi connectivity index (χ2v) is 6.79. The van der Waals surface area contributed by atoms with Crippen molar-refractivity contribution in [3.8, 4) is 0 Å². The van der Waals surface area contributed by atoms with Gasteiger partial charge in [0.15, 0.2) is 0 Å². The van der Waals surface area contributed by atoms with Crippen molar-refractivity contribution in [3.05, 3.63) is 57.6 Å². The zero-order valence-electron chi connectivity index (χ0n) is 15.2. The number of carbonyl (C=O) groups excluding carboxylic acids is 1. The molecule has 0 radical (unpaired) electrons. The van der Waals surface area contributed by atoms with Crippen LogP contribution in [0.5, 0.6) is 0 Å². The molecule has 0 aliphatic heterocycles. The summed E-state index contributed by atoms with van der Waals surface area (Å²) in [5.41, 5.74) is 4.09. The normalized spacial score (nSPS) is 11.1. The summed E-state index contributed by atoms with van der Waals surface area (Å²) < 4.78 is 1.75. The van der Waals surface area contributed by atoms with E-state index in [1.165, 1.54) is 0 Å². The minimum atomic E-state index is 0.0348. The Morgan fingerprint density at radius 2 is 1.85 bits per heavy atom. The topological polar surface area (TPSA) is 72.2 Å². The molecule has 0 bridgehead atoms. The highest BCUT2D eigenvalue weighted by Crippen LogP contribution is 2.15. The van der Waals surface area contributed by atoms with Gasteiger partial charge in [0.1, 0.15) is 5.82 Å². The van der Waals surface area contributed by atoms with E-state index in [1.807, 2.05) is 45.0 Å². The largest absolute Gasteiger partial charge is 0.356 e. The van der Waals surface area contributed by atoms with Gasteiger partial charge in [-0.2, -0.15) is 10.1 Å². The molecule has 1 amide bonds. The fraction of sp³-hybridized carbons (Fsp3) is 0.368. The first kappa shape index (κ1) is 18.3. The Morgan fingerprint density at radius 1 is 1.12 bits per heavy atom. The fourth-order valence-corrected chi connectivity index (χ4v) is 3.12. The number of hydrogen-bond donors (Lipinski definition) is 1. The molecule has 0 spiro atoms. The SMILES string of the molecule is Cc1nc2nc(C)c(CCC(=O)NCCc3ccc(Cl)cc3)c(C)n2n1. The first-order valence-corrected chi connectivity index (χ1v) is 9.02. The molecular formula is C19H22ClN5O. The maximum absolute atomic E-state index is 12.2. The van der Waals surface area contributed by atoms with Crippen LogP contribution < -0.4 is 5.32 Å². The number of aromatic nitrogens is 4. The summed E-state index contributed by atoms with van der Waals surface area (Å²) in [6.07, 6.45) is 1.84. The van der Waals surface area contributed by atoms with Crippen molar-refractivity contribution >= 4 is 23.3 Å². The fourth-order valence-electron chi connectivity index (χ4n) is 2.99. The maximum Gasteiger partial charge on any atom is 0.252 e. The lowest BCUT2D eigenvalue weighted by molar-refractivity contribution is -0.121. The minimum Gasteiger partial charge on any atom is -0.356 e. The molecule has 3 rings (SSSR count). The lowest BCUT2D eigenvalue weighted by atomic mass is 10.1. The van der Waals surface area contributed by atoms with E-state index in [9.17, 15) is 4.79 Å². The number of fused-ring (bicyclic) bond motifs is 1. The lowest BCUT2D eigenvalue weighted by Gasteiger charge is -2.10. The van der Waals surface area contributed by atoms with Gasteiger partial charge in [-0.1, -0.05) is 23.7 Å². The van der Waals surface area contributed by atoms with E-state index in [2.05, 4.69) is 20.4 Å². The number of rotatable bonds is 6. The summed E-state index contributed by atoms with van der Waals surface area (Å²) in [5.74, 6) is 1.33. The Hall–Kier alpha value is -2.47. The molecule has 136 valence electrons. The van der Waals surface area contributed by atoms with E-state index in [-0.39, 0.29) is 5.91 Å². The average molecular weight is 372 g/mol. The van der Waals surface area contributed by atoms with Gasteiger partial charge in [0.2, 0.25) is 5.91 Å². The van der Waals surface area contributed by atoms with E-state index < -0.39 is 0 Å². The molecule has 1 N–H and O–H groups in total. The molecule has 7 heteroatoms. The third-order valence-electron chi connectivity index (χ3n) is 4.41. The summed E-state index contributed by atoms with van der Waals surface area (Å²) in [7, 11) is 0. The van der Waals surface area contributed by atoms with Gasteiger partial charge in [0, 0.05) is 29.4 Å². The minimum absolute atomic E-state index is 0.0348.